The zero-order valence-corrected chi connectivity index (χ0v) is 12.3. The van der Waals surface area contributed by atoms with Crippen molar-refractivity contribution in [1.82, 2.24) is 4.98 Å². The Morgan fingerprint density at radius 1 is 1.30 bits per heavy atom. The molecule has 0 bridgehead atoms. The third kappa shape index (κ3) is 3.35. The first kappa shape index (κ1) is 14.5. The molecule has 106 valence electrons. The van der Waals surface area contributed by atoms with Crippen LogP contribution in [0, 0.1) is 0 Å². The van der Waals surface area contributed by atoms with Crippen LogP contribution in [0.1, 0.15) is 44.5 Å². The van der Waals surface area contributed by atoms with E-state index >= 15 is 0 Å². The maximum absolute atomic E-state index is 11.4. The van der Waals surface area contributed by atoms with Crippen molar-refractivity contribution >= 4 is 16.7 Å². The number of aryl methyl sites for hydroxylation is 1. The van der Waals surface area contributed by atoms with E-state index in [1.165, 1.54) is 10.8 Å². The molecule has 0 amide bonds. The minimum Gasteiger partial charge on any atom is -0.466 e. The molecule has 0 unspecified atom stereocenters. The van der Waals surface area contributed by atoms with Crippen molar-refractivity contribution in [2.24, 2.45) is 0 Å². The third-order valence-corrected chi connectivity index (χ3v) is 3.26. The molecule has 20 heavy (non-hydrogen) atoms. The average Bonchev–Trinajstić information content (AvgIpc) is 2.44. The summed E-state index contributed by atoms with van der Waals surface area (Å²) in [6.07, 6.45) is 1.01. The molecule has 0 saturated heterocycles. The van der Waals surface area contributed by atoms with Crippen molar-refractivity contribution in [2.45, 2.75) is 39.5 Å². The summed E-state index contributed by atoms with van der Waals surface area (Å²) in [5.41, 5.74) is 2.06. The van der Waals surface area contributed by atoms with Crippen molar-refractivity contribution in [3.05, 3.63) is 41.7 Å². The lowest BCUT2D eigenvalue weighted by Gasteiger charge is -2.12. The number of hydrogen-bond donors (Lipinski definition) is 0. The fraction of sp³-hybridized carbons (Fsp3) is 0.412. The summed E-state index contributed by atoms with van der Waals surface area (Å²) < 4.78 is 4.96. The van der Waals surface area contributed by atoms with Gasteiger partial charge in [-0.2, -0.15) is 0 Å². The molecular formula is C17H21NO2. The van der Waals surface area contributed by atoms with Crippen LogP contribution in [0.2, 0.25) is 0 Å². The maximum atomic E-state index is 11.4. The topological polar surface area (TPSA) is 39.2 Å². The van der Waals surface area contributed by atoms with Crippen molar-refractivity contribution < 1.29 is 9.53 Å². The molecule has 2 aromatic rings. The van der Waals surface area contributed by atoms with Crippen molar-refractivity contribution in [1.29, 1.82) is 0 Å². The van der Waals surface area contributed by atoms with Gasteiger partial charge in [0.05, 0.1) is 18.7 Å². The van der Waals surface area contributed by atoms with Crippen molar-refractivity contribution in [3.8, 4) is 0 Å². The molecule has 0 aliphatic rings. The third-order valence-electron chi connectivity index (χ3n) is 3.26. The second-order valence-electron chi connectivity index (χ2n) is 5.18. The number of hydrogen-bond acceptors (Lipinski definition) is 3. The van der Waals surface area contributed by atoms with Crippen LogP contribution in [0.5, 0.6) is 0 Å². The van der Waals surface area contributed by atoms with E-state index in [0.29, 0.717) is 25.4 Å². The molecule has 0 atom stereocenters. The van der Waals surface area contributed by atoms with E-state index in [2.05, 4.69) is 32.0 Å². The number of rotatable bonds is 5. The highest BCUT2D eigenvalue weighted by Gasteiger charge is 2.10. The fourth-order valence-corrected chi connectivity index (χ4v) is 2.31. The van der Waals surface area contributed by atoms with Crippen molar-refractivity contribution in [2.75, 3.05) is 6.61 Å². The van der Waals surface area contributed by atoms with Gasteiger partial charge in [0.25, 0.3) is 0 Å². The summed E-state index contributed by atoms with van der Waals surface area (Å²) in [5, 5.41) is 2.38. The van der Waals surface area contributed by atoms with Gasteiger partial charge in [-0.15, -0.1) is 0 Å². The van der Waals surface area contributed by atoms with Gasteiger partial charge >= 0.3 is 5.97 Å². The number of fused-ring (bicyclic) bond motifs is 1. The number of carbonyl (C=O) groups is 1. The van der Waals surface area contributed by atoms with Gasteiger partial charge in [0.15, 0.2) is 0 Å². The van der Waals surface area contributed by atoms with Gasteiger partial charge in [-0.05, 0) is 24.3 Å². The number of ether oxygens (including phenoxy) is 1. The van der Waals surface area contributed by atoms with Crippen molar-refractivity contribution in [3.63, 3.8) is 0 Å². The molecule has 0 aliphatic carbocycles. The maximum Gasteiger partial charge on any atom is 0.306 e. The molecule has 0 saturated carbocycles. The number of carbonyl (C=O) groups excluding carboxylic acids is 1. The van der Waals surface area contributed by atoms with Crippen LogP contribution in [0.4, 0.5) is 0 Å². The SMILES string of the molecule is CCOC(=O)CCc1cc2ccccc2c(C(C)C)n1. The van der Waals surface area contributed by atoms with E-state index in [4.69, 9.17) is 9.72 Å². The molecule has 0 aliphatic heterocycles. The van der Waals surface area contributed by atoms with Crippen LogP contribution in [-0.2, 0) is 16.0 Å². The predicted octanol–water partition coefficient (Wildman–Crippen LogP) is 3.85. The van der Waals surface area contributed by atoms with Crippen LogP contribution < -0.4 is 0 Å². The molecule has 1 aromatic carbocycles. The van der Waals surface area contributed by atoms with Gasteiger partial charge in [0.2, 0.25) is 0 Å². The smallest absolute Gasteiger partial charge is 0.306 e. The Hall–Kier alpha value is -1.90. The van der Waals surface area contributed by atoms with Crippen LogP contribution in [0.25, 0.3) is 10.8 Å². The van der Waals surface area contributed by atoms with Crippen LogP contribution in [0.15, 0.2) is 30.3 Å². The van der Waals surface area contributed by atoms with Gasteiger partial charge < -0.3 is 4.74 Å². The molecule has 1 aromatic heterocycles. The standard InChI is InChI=1S/C17H21NO2/c1-4-20-16(19)10-9-14-11-13-7-5-6-8-15(13)17(18-14)12(2)3/h5-8,11-12H,4,9-10H2,1-3H3. The first-order valence-corrected chi connectivity index (χ1v) is 7.16. The Morgan fingerprint density at radius 2 is 2.05 bits per heavy atom. The Balaban J connectivity index is 2.28. The monoisotopic (exact) mass is 271 g/mol. The lowest BCUT2D eigenvalue weighted by molar-refractivity contribution is -0.143. The van der Waals surface area contributed by atoms with E-state index in [9.17, 15) is 4.79 Å². The summed E-state index contributed by atoms with van der Waals surface area (Å²) in [5.74, 6) is 0.205. The zero-order chi connectivity index (χ0) is 14.5. The summed E-state index contributed by atoms with van der Waals surface area (Å²) in [6.45, 7) is 6.54. The summed E-state index contributed by atoms with van der Waals surface area (Å²) in [7, 11) is 0. The van der Waals surface area contributed by atoms with E-state index in [1.807, 2.05) is 19.1 Å². The molecule has 0 fully saturated rings. The fourth-order valence-electron chi connectivity index (χ4n) is 2.31. The Morgan fingerprint density at radius 3 is 2.75 bits per heavy atom. The Labute approximate surface area is 120 Å². The Bertz CT molecular complexity index is 605. The van der Waals surface area contributed by atoms with Crippen LogP contribution in [0.3, 0.4) is 0 Å². The summed E-state index contributed by atoms with van der Waals surface area (Å²) in [6, 6.07) is 10.3. The number of nitrogens with zero attached hydrogens (tertiary/aromatic N) is 1. The molecule has 0 radical (unpaired) electrons. The molecule has 0 N–H and O–H groups in total. The quantitative estimate of drug-likeness (QED) is 0.775. The van der Waals surface area contributed by atoms with Crippen LogP contribution >= 0.6 is 0 Å². The van der Waals surface area contributed by atoms with E-state index < -0.39 is 0 Å². The van der Waals surface area contributed by atoms with Gasteiger partial charge in [0, 0.05) is 17.5 Å². The average molecular weight is 271 g/mol. The molecule has 3 nitrogen and oxygen atoms in total. The number of aromatic nitrogens is 1. The first-order chi connectivity index (χ1) is 9.61. The van der Waals surface area contributed by atoms with Gasteiger partial charge in [-0.1, -0.05) is 38.1 Å². The lowest BCUT2D eigenvalue weighted by atomic mass is 10.0. The molecular weight excluding hydrogens is 250 g/mol. The normalized spacial score (nSPS) is 11.0. The minimum absolute atomic E-state index is 0.159. The highest BCUT2D eigenvalue weighted by atomic mass is 16.5. The van der Waals surface area contributed by atoms with E-state index in [-0.39, 0.29) is 5.97 Å². The highest BCUT2D eigenvalue weighted by molar-refractivity contribution is 5.85. The molecule has 1 heterocycles. The van der Waals surface area contributed by atoms with E-state index in [0.717, 1.165) is 11.4 Å². The second kappa shape index (κ2) is 6.51. The molecule has 3 heteroatoms. The molecule has 2 rings (SSSR count). The van der Waals surface area contributed by atoms with Gasteiger partial charge in [0.1, 0.15) is 0 Å². The lowest BCUT2D eigenvalue weighted by Crippen LogP contribution is -2.07. The van der Waals surface area contributed by atoms with Gasteiger partial charge in [-0.25, -0.2) is 0 Å². The predicted molar refractivity (Wildman–Crippen MR) is 80.8 cm³/mol. The Kier molecular flexibility index (Phi) is 4.72. The summed E-state index contributed by atoms with van der Waals surface area (Å²) in [4.78, 5) is 16.2. The minimum atomic E-state index is -0.159. The molecule has 0 spiro atoms. The van der Waals surface area contributed by atoms with Crippen LogP contribution in [-0.4, -0.2) is 17.6 Å². The number of esters is 1. The largest absolute Gasteiger partial charge is 0.466 e. The first-order valence-electron chi connectivity index (χ1n) is 7.16. The second-order valence-corrected chi connectivity index (χ2v) is 5.18. The number of pyridine rings is 1. The zero-order valence-electron chi connectivity index (χ0n) is 12.3. The van der Waals surface area contributed by atoms with E-state index in [1.54, 1.807) is 0 Å². The summed E-state index contributed by atoms with van der Waals surface area (Å²) >= 11 is 0. The van der Waals surface area contributed by atoms with Gasteiger partial charge in [-0.3, -0.25) is 9.78 Å². The number of benzene rings is 1. The highest BCUT2D eigenvalue weighted by Crippen LogP contribution is 2.24.